The predicted octanol–water partition coefficient (Wildman–Crippen LogP) is 2.30. The van der Waals surface area contributed by atoms with Gasteiger partial charge < -0.3 is 9.84 Å². The maximum Gasteiger partial charge on any atom is 0.308 e. The molecule has 0 bridgehead atoms. The number of Topliss-reactive ketones (excluding diaryl/α,β-unsaturated/α-hetero) is 2. The average Bonchev–Trinajstić information content (AvgIpc) is 2.51. The molecule has 6 nitrogen and oxygen atoms in total. The van der Waals surface area contributed by atoms with Crippen LogP contribution in [0.2, 0.25) is 0 Å². The van der Waals surface area contributed by atoms with Gasteiger partial charge in [0.1, 0.15) is 5.76 Å². The fourth-order valence-corrected chi connectivity index (χ4v) is 3.10. The number of esters is 1. The number of carboxylic acid groups (broad SMARTS) is 1. The van der Waals surface area contributed by atoms with Crippen molar-refractivity contribution in [2.75, 3.05) is 0 Å². The molecule has 0 amide bonds. The van der Waals surface area contributed by atoms with Gasteiger partial charge in [0, 0.05) is 23.6 Å². The Morgan fingerprint density at radius 2 is 1.79 bits per heavy atom. The number of carbonyl (C=O) groups is 4. The summed E-state index contributed by atoms with van der Waals surface area (Å²) in [6, 6.07) is 6.43. The van der Waals surface area contributed by atoms with Gasteiger partial charge in [-0.3, -0.25) is 19.2 Å². The van der Waals surface area contributed by atoms with Crippen LogP contribution in [0.5, 0.6) is 0 Å². The van der Waals surface area contributed by atoms with Crippen LogP contribution in [-0.4, -0.2) is 28.6 Å². The summed E-state index contributed by atoms with van der Waals surface area (Å²) in [5.74, 6) is -2.92. The summed E-state index contributed by atoms with van der Waals surface area (Å²) in [5.41, 5.74) is 0.828. The van der Waals surface area contributed by atoms with Crippen molar-refractivity contribution in [3.05, 3.63) is 58.4 Å². The molecule has 0 aliphatic heterocycles. The van der Waals surface area contributed by atoms with Crippen molar-refractivity contribution in [3.8, 4) is 0 Å². The third kappa shape index (κ3) is 2.67. The highest BCUT2D eigenvalue weighted by molar-refractivity contribution is 6.28. The van der Waals surface area contributed by atoms with Gasteiger partial charge in [-0.2, -0.15) is 0 Å². The summed E-state index contributed by atoms with van der Waals surface area (Å²) >= 11 is 0. The number of ether oxygens (including phenoxy) is 1. The maximum atomic E-state index is 12.8. The summed E-state index contributed by atoms with van der Waals surface area (Å²) in [5, 5.41) is 9.00. The van der Waals surface area contributed by atoms with Crippen molar-refractivity contribution >= 4 is 23.5 Å². The molecule has 0 saturated heterocycles. The van der Waals surface area contributed by atoms with Crippen molar-refractivity contribution < 1.29 is 29.0 Å². The molecule has 122 valence electrons. The molecule has 1 aromatic carbocycles. The number of allylic oxidation sites excluding steroid dienone is 3. The second-order valence-corrected chi connectivity index (χ2v) is 5.74. The van der Waals surface area contributed by atoms with Crippen LogP contribution >= 0.6 is 0 Å². The van der Waals surface area contributed by atoms with Gasteiger partial charge in [0.15, 0.2) is 11.6 Å². The molecule has 3 rings (SSSR count). The van der Waals surface area contributed by atoms with Gasteiger partial charge in [0.2, 0.25) is 0 Å². The Hall–Kier alpha value is -3.02. The minimum atomic E-state index is -1.03. The first-order valence-corrected chi connectivity index (χ1v) is 7.42. The zero-order valence-electron chi connectivity index (χ0n) is 12.9. The summed E-state index contributed by atoms with van der Waals surface area (Å²) in [6.07, 6.45) is 1.36. The molecule has 24 heavy (non-hydrogen) atoms. The van der Waals surface area contributed by atoms with Crippen LogP contribution in [0.3, 0.4) is 0 Å². The second kappa shape index (κ2) is 5.88. The molecule has 6 heteroatoms. The fraction of sp³-hybridized carbons (Fsp3) is 0.222. The summed E-state index contributed by atoms with van der Waals surface area (Å²) in [4.78, 5) is 47.8. The van der Waals surface area contributed by atoms with E-state index in [1.165, 1.54) is 13.0 Å². The minimum Gasteiger partial charge on any atom is -0.481 e. The summed E-state index contributed by atoms with van der Waals surface area (Å²) in [6.45, 7) is 1.19. The van der Waals surface area contributed by atoms with E-state index in [9.17, 15) is 19.2 Å². The number of aliphatic carboxylic acids is 1. The first kappa shape index (κ1) is 15.9. The van der Waals surface area contributed by atoms with Gasteiger partial charge in [0.25, 0.3) is 0 Å². The zero-order chi connectivity index (χ0) is 17.4. The Morgan fingerprint density at radius 1 is 1.17 bits per heavy atom. The van der Waals surface area contributed by atoms with Gasteiger partial charge >= 0.3 is 11.9 Å². The molecule has 0 aromatic heterocycles. The number of fused-ring (bicyclic) bond motifs is 1. The van der Waals surface area contributed by atoms with Gasteiger partial charge in [0.05, 0.1) is 12.0 Å². The van der Waals surface area contributed by atoms with E-state index in [2.05, 4.69) is 0 Å². The normalized spacial score (nSPS) is 19.4. The molecule has 0 saturated carbocycles. The monoisotopic (exact) mass is 326 g/mol. The molecule has 2 aliphatic rings. The van der Waals surface area contributed by atoms with Gasteiger partial charge in [-0.1, -0.05) is 24.3 Å². The lowest BCUT2D eigenvalue weighted by Gasteiger charge is -2.28. The standard InChI is InChI=1S/C18H14O6/c1-9(19)24-14-7-10(8-15(20)21)6-13-16(14)18(23)12-5-3-2-4-11(12)17(13)22/h2-5,7,10H,6,8H2,1H3,(H,20,21). The quantitative estimate of drug-likeness (QED) is 0.856. The highest BCUT2D eigenvalue weighted by atomic mass is 16.5. The molecule has 1 atom stereocenters. The number of rotatable bonds is 3. The number of carboxylic acids is 1. The third-order valence-electron chi connectivity index (χ3n) is 4.01. The number of benzene rings is 1. The molecule has 0 spiro atoms. The SMILES string of the molecule is CC(=O)OC1=CC(CC(=O)O)CC2=C1C(=O)c1ccccc1C2=O. The van der Waals surface area contributed by atoms with Crippen LogP contribution < -0.4 is 0 Å². The molecular weight excluding hydrogens is 312 g/mol. The number of hydrogen-bond acceptors (Lipinski definition) is 5. The topological polar surface area (TPSA) is 97.7 Å². The van der Waals surface area contributed by atoms with Crippen molar-refractivity contribution in [2.24, 2.45) is 5.92 Å². The lowest BCUT2D eigenvalue weighted by molar-refractivity contribution is -0.137. The van der Waals surface area contributed by atoms with Gasteiger partial charge in [-0.05, 0) is 18.4 Å². The van der Waals surface area contributed by atoms with Crippen LogP contribution in [0.4, 0.5) is 0 Å². The third-order valence-corrected chi connectivity index (χ3v) is 4.01. The van der Waals surface area contributed by atoms with Crippen molar-refractivity contribution in [2.45, 2.75) is 19.8 Å². The number of ketones is 2. The van der Waals surface area contributed by atoms with Crippen LogP contribution in [0, 0.1) is 5.92 Å². The van der Waals surface area contributed by atoms with E-state index >= 15 is 0 Å². The fourth-order valence-electron chi connectivity index (χ4n) is 3.10. The van der Waals surface area contributed by atoms with Crippen LogP contribution in [0.15, 0.2) is 47.2 Å². The van der Waals surface area contributed by atoms with E-state index in [4.69, 9.17) is 9.84 Å². The van der Waals surface area contributed by atoms with Crippen molar-refractivity contribution in [1.29, 1.82) is 0 Å². The van der Waals surface area contributed by atoms with Gasteiger partial charge in [-0.25, -0.2) is 0 Å². The van der Waals surface area contributed by atoms with E-state index in [1.807, 2.05) is 0 Å². The molecule has 0 radical (unpaired) electrons. The molecular formula is C18H14O6. The molecule has 1 unspecified atom stereocenters. The number of carbonyl (C=O) groups excluding carboxylic acids is 3. The Kier molecular flexibility index (Phi) is 3.89. The smallest absolute Gasteiger partial charge is 0.308 e. The Bertz CT molecular complexity index is 843. The van der Waals surface area contributed by atoms with Crippen LogP contribution in [-0.2, 0) is 14.3 Å². The molecule has 0 heterocycles. The maximum absolute atomic E-state index is 12.8. The van der Waals surface area contributed by atoms with Crippen LogP contribution in [0.25, 0.3) is 0 Å². The van der Waals surface area contributed by atoms with Gasteiger partial charge in [-0.15, -0.1) is 0 Å². The molecule has 1 aromatic rings. The second-order valence-electron chi connectivity index (χ2n) is 5.74. The first-order valence-electron chi connectivity index (χ1n) is 7.42. The van der Waals surface area contributed by atoms with E-state index in [1.54, 1.807) is 24.3 Å². The van der Waals surface area contributed by atoms with Crippen LogP contribution in [0.1, 0.15) is 40.5 Å². The lowest BCUT2D eigenvalue weighted by Crippen LogP contribution is -2.28. The molecule has 2 aliphatic carbocycles. The van der Waals surface area contributed by atoms with E-state index in [0.29, 0.717) is 5.56 Å². The molecule has 1 N–H and O–H groups in total. The molecule has 0 fully saturated rings. The zero-order valence-corrected chi connectivity index (χ0v) is 12.9. The summed E-state index contributed by atoms with van der Waals surface area (Å²) in [7, 11) is 0. The van der Waals surface area contributed by atoms with E-state index < -0.39 is 17.9 Å². The lowest BCUT2D eigenvalue weighted by atomic mass is 9.76. The van der Waals surface area contributed by atoms with E-state index in [0.717, 1.165) is 0 Å². The first-order chi connectivity index (χ1) is 11.4. The Morgan fingerprint density at radius 3 is 2.38 bits per heavy atom. The average molecular weight is 326 g/mol. The Balaban J connectivity index is 2.11. The largest absolute Gasteiger partial charge is 0.481 e. The highest BCUT2D eigenvalue weighted by Crippen LogP contribution is 2.39. The minimum absolute atomic E-state index is 0.0251. The Labute approximate surface area is 137 Å². The summed E-state index contributed by atoms with van der Waals surface area (Å²) < 4.78 is 5.10. The van der Waals surface area contributed by atoms with Crippen molar-refractivity contribution in [3.63, 3.8) is 0 Å². The highest BCUT2D eigenvalue weighted by Gasteiger charge is 2.38. The predicted molar refractivity (Wildman–Crippen MR) is 82.3 cm³/mol. The van der Waals surface area contributed by atoms with E-state index in [-0.39, 0.29) is 46.9 Å². The number of hydrogen-bond donors (Lipinski definition) is 1. The van der Waals surface area contributed by atoms with Crippen molar-refractivity contribution in [1.82, 2.24) is 0 Å².